The molecule has 26 heavy (non-hydrogen) atoms. The van der Waals surface area contributed by atoms with Gasteiger partial charge in [-0.25, -0.2) is 0 Å². The molecule has 3 rings (SSSR count). The van der Waals surface area contributed by atoms with Crippen molar-refractivity contribution in [3.05, 3.63) is 82.3 Å². The summed E-state index contributed by atoms with van der Waals surface area (Å²) in [5, 5.41) is 0. The smallest absolute Gasteiger partial charge is 0.0119 e. The molecule has 1 aliphatic carbocycles. The van der Waals surface area contributed by atoms with Gasteiger partial charge < -0.3 is 0 Å². The molecule has 0 fully saturated rings. The van der Waals surface area contributed by atoms with Crippen molar-refractivity contribution < 1.29 is 0 Å². The molecule has 0 atom stereocenters. The van der Waals surface area contributed by atoms with Gasteiger partial charge in [-0.2, -0.15) is 0 Å². The van der Waals surface area contributed by atoms with Crippen molar-refractivity contribution in [3.63, 3.8) is 0 Å². The Balaban J connectivity index is 2.09. The van der Waals surface area contributed by atoms with Crippen LogP contribution in [0.2, 0.25) is 0 Å². The lowest BCUT2D eigenvalue weighted by atomic mass is 9.79. The first-order valence-corrected chi connectivity index (χ1v) is 10.3. The van der Waals surface area contributed by atoms with Crippen LogP contribution in [-0.4, -0.2) is 0 Å². The van der Waals surface area contributed by atoms with E-state index in [0.29, 0.717) is 0 Å². The van der Waals surface area contributed by atoms with E-state index in [0.717, 1.165) is 6.42 Å². The standard InChI is InChI=1S/C25H30S/c1-24(2,3)19-15-18(16-20(17-19)25(4,5)6)22-13-10-14-23(22)26-21-11-8-7-9-12-21/h7-13,15-17H,14H2,1-6H3. The minimum Gasteiger partial charge on any atom is -0.0936 e. The second-order valence-corrected chi connectivity index (χ2v) is 10.3. The van der Waals surface area contributed by atoms with Crippen LogP contribution in [0.25, 0.3) is 5.57 Å². The van der Waals surface area contributed by atoms with Crippen molar-refractivity contribution in [2.24, 2.45) is 0 Å². The molecule has 0 bridgehead atoms. The molecular weight excluding hydrogens is 332 g/mol. The molecule has 0 saturated carbocycles. The molecule has 2 aromatic rings. The Hall–Kier alpha value is -1.73. The predicted octanol–water partition coefficient (Wildman–Crippen LogP) is 7.74. The molecule has 136 valence electrons. The van der Waals surface area contributed by atoms with E-state index in [9.17, 15) is 0 Å². The van der Waals surface area contributed by atoms with Gasteiger partial charge in [0.25, 0.3) is 0 Å². The van der Waals surface area contributed by atoms with E-state index in [1.54, 1.807) is 0 Å². The molecule has 0 amide bonds. The first-order chi connectivity index (χ1) is 12.1. The van der Waals surface area contributed by atoms with Crippen LogP contribution in [0.5, 0.6) is 0 Å². The number of allylic oxidation sites excluding steroid dienone is 4. The average Bonchev–Trinajstić information content (AvgIpc) is 3.02. The Bertz CT molecular complexity index is 808. The summed E-state index contributed by atoms with van der Waals surface area (Å²) in [6.07, 6.45) is 5.63. The normalized spacial score (nSPS) is 15.0. The molecule has 0 aromatic heterocycles. The first kappa shape index (κ1) is 19.0. The molecular formula is C25H30S. The fourth-order valence-electron chi connectivity index (χ4n) is 3.12. The number of benzene rings is 2. The highest BCUT2D eigenvalue weighted by Crippen LogP contribution is 2.41. The maximum atomic E-state index is 2.40. The number of rotatable bonds is 3. The van der Waals surface area contributed by atoms with E-state index < -0.39 is 0 Å². The highest BCUT2D eigenvalue weighted by molar-refractivity contribution is 8.03. The van der Waals surface area contributed by atoms with Gasteiger partial charge in [0.1, 0.15) is 0 Å². The maximum absolute atomic E-state index is 2.40. The van der Waals surface area contributed by atoms with Gasteiger partial charge in [0.2, 0.25) is 0 Å². The third kappa shape index (κ3) is 4.32. The van der Waals surface area contributed by atoms with Gasteiger partial charge in [-0.15, -0.1) is 0 Å². The summed E-state index contributed by atoms with van der Waals surface area (Å²) < 4.78 is 0. The fourth-order valence-corrected chi connectivity index (χ4v) is 4.17. The second-order valence-electron chi connectivity index (χ2n) is 9.16. The predicted molar refractivity (Wildman–Crippen MR) is 117 cm³/mol. The number of hydrogen-bond donors (Lipinski definition) is 0. The average molecular weight is 363 g/mol. The van der Waals surface area contributed by atoms with Crippen molar-refractivity contribution in [1.29, 1.82) is 0 Å². The van der Waals surface area contributed by atoms with Gasteiger partial charge in [0.05, 0.1) is 0 Å². The molecule has 1 heteroatoms. The highest BCUT2D eigenvalue weighted by Gasteiger charge is 2.22. The van der Waals surface area contributed by atoms with E-state index in [1.807, 2.05) is 11.8 Å². The van der Waals surface area contributed by atoms with Crippen LogP contribution in [0.3, 0.4) is 0 Å². The van der Waals surface area contributed by atoms with E-state index in [-0.39, 0.29) is 10.8 Å². The Morgan fingerprint density at radius 2 is 1.35 bits per heavy atom. The van der Waals surface area contributed by atoms with E-state index in [1.165, 1.54) is 32.1 Å². The van der Waals surface area contributed by atoms with Crippen LogP contribution in [0, 0.1) is 0 Å². The molecule has 1 aliphatic rings. The van der Waals surface area contributed by atoms with Crippen molar-refractivity contribution in [2.75, 3.05) is 0 Å². The number of hydrogen-bond acceptors (Lipinski definition) is 1. The summed E-state index contributed by atoms with van der Waals surface area (Å²) in [4.78, 5) is 2.76. The summed E-state index contributed by atoms with van der Waals surface area (Å²) in [7, 11) is 0. The van der Waals surface area contributed by atoms with Crippen LogP contribution in [-0.2, 0) is 10.8 Å². The number of thioether (sulfide) groups is 1. The van der Waals surface area contributed by atoms with Gasteiger partial charge in [-0.05, 0) is 51.6 Å². The Morgan fingerprint density at radius 3 is 1.88 bits per heavy atom. The van der Waals surface area contributed by atoms with Gasteiger partial charge in [0, 0.05) is 9.80 Å². The van der Waals surface area contributed by atoms with Gasteiger partial charge in [-0.1, -0.05) is 102 Å². The summed E-state index contributed by atoms with van der Waals surface area (Å²) in [5.41, 5.74) is 5.86. The summed E-state index contributed by atoms with van der Waals surface area (Å²) in [6, 6.07) is 17.9. The van der Waals surface area contributed by atoms with E-state index in [4.69, 9.17) is 0 Å². The molecule has 0 aliphatic heterocycles. The van der Waals surface area contributed by atoms with Crippen molar-refractivity contribution in [1.82, 2.24) is 0 Å². The zero-order chi connectivity index (χ0) is 18.9. The summed E-state index contributed by atoms with van der Waals surface area (Å²) in [6.45, 7) is 13.8. The van der Waals surface area contributed by atoms with Crippen LogP contribution in [0.4, 0.5) is 0 Å². The Labute approximate surface area is 163 Å². The lowest BCUT2D eigenvalue weighted by molar-refractivity contribution is 0.568. The zero-order valence-corrected chi connectivity index (χ0v) is 17.7. The minimum atomic E-state index is 0.144. The summed E-state index contributed by atoms with van der Waals surface area (Å²) in [5.74, 6) is 0. The van der Waals surface area contributed by atoms with Crippen molar-refractivity contribution >= 4 is 17.3 Å². The zero-order valence-electron chi connectivity index (χ0n) is 16.9. The summed E-state index contributed by atoms with van der Waals surface area (Å²) >= 11 is 1.90. The quantitative estimate of drug-likeness (QED) is 0.538. The van der Waals surface area contributed by atoms with Crippen molar-refractivity contribution in [2.45, 2.75) is 63.7 Å². The topological polar surface area (TPSA) is 0 Å². The van der Waals surface area contributed by atoms with E-state index in [2.05, 4.69) is 102 Å². The molecule has 0 spiro atoms. The van der Waals surface area contributed by atoms with Crippen LogP contribution in [0.15, 0.2) is 70.5 Å². The van der Waals surface area contributed by atoms with Crippen LogP contribution >= 0.6 is 11.8 Å². The third-order valence-electron chi connectivity index (χ3n) is 4.85. The molecule has 0 radical (unpaired) electrons. The Morgan fingerprint density at radius 1 is 0.769 bits per heavy atom. The Kier molecular flexibility index (Phi) is 5.21. The third-order valence-corrected chi connectivity index (χ3v) is 5.99. The molecule has 0 saturated heterocycles. The van der Waals surface area contributed by atoms with Gasteiger partial charge in [0.15, 0.2) is 0 Å². The molecule has 0 heterocycles. The first-order valence-electron chi connectivity index (χ1n) is 9.43. The van der Waals surface area contributed by atoms with E-state index >= 15 is 0 Å². The van der Waals surface area contributed by atoms with Crippen LogP contribution < -0.4 is 0 Å². The molecule has 0 unspecified atom stereocenters. The van der Waals surface area contributed by atoms with Gasteiger partial charge >= 0.3 is 0 Å². The SMILES string of the molecule is CC(C)(C)c1cc(C2=C(Sc3ccccc3)CC=C2)cc(C(C)(C)C)c1. The lowest BCUT2D eigenvalue weighted by Gasteiger charge is -2.26. The molecule has 0 N–H and O–H groups in total. The fraction of sp³-hybridized carbons (Fsp3) is 0.360. The maximum Gasteiger partial charge on any atom is 0.0119 e. The molecule has 2 aromatic carbocycles. The van der Waals surface area contributed by atoms with Crippen molar-refractivity contribution in [3.8, 4) is 0 Å². The minimum absolute atomic E-state index is 0.144. The lowest BCUT2D eigenvalue weighted by Crippen LogP contribution is -2.17. The largest absolute Gasteiger partial charge is 0.0936 e. The monoisotopic (exact) mass is 362 g/mol. The van der Waals surface area contributed by atoms with Gasteiger partial charge in [-0.3, -0.25) is 0 Å². The highest BCUT2D eigenvalue weighted by atomic mass is 32.2. The molecule has 0 nitrogen and oxygen atoms in total. The second kappa shape index (κ2) is 7.12. The van der Waals surface area contributed by atoms with Crippen LogP contribution in [0.1, 0.15) is 64.7 Å².